The third-order valence-corrected chi connectivity index (χ3v) is 5.99. The predicted octanol–water partition coefficient (Wildman–Crippen LogP) is 5.94. The van der Waals surface area contributed by atoms with Crippen molar-refractivity contribution in [1.82, 2.24) is 10.3 Å². The number of carboxylic acid groups (broad SMARTS) is 1. The molecule has 40 heavy (non-hydrogen) atoms. The van der Waals surface area contributed by atoms with Crippen LogP contribution in [-0.4, -0.2) is 34.4 Å². The van der Waals surface area contributed by atoms with E-state index in [9.17, 15) is 14.7 Å². The molecule has 0 fully saturated rings. The van der Waals surface area contributed by atoms with Crippen LogP contribution in [0.4, 0.5) is 4.79 Å². The first-order chi connectivity index (χ1) is 19.2. The van der Waals surface area contributed by atoms with Crippen molar-refractivity contribution in [2.45, 2.75) is 45.9 Å². The molecule has 4 aromatic rings. The van der Waals surface area contributed by atoms with Crippen LogP contribution in [0, 0.1) is 6.92 Å². The number of alkyl carbamates (subject to hydrolysis) is 1. The quantitative estimate of drug-likeness (QED) is 0.225. The topological polar surface area (TPSA) is 120 Å². The number of aliphatic carboxylic acids is 1. The van der Waals surface area contributed by atoms with E-state index in [-0.39, 0.29) is 12.4 Å². The molecule has 0 saturated heterocycles. The monoisotopic (exact) mass is 544 g/mol. The fraction of sp³-hybridized carbons (Fsp3) is 0.258. The van der Waals surface area contributed by atoms with Gasteiger partial charge in [0.25, 0.3) is 0 Å². The van der Waals surface area contributed by atoms with Gasteiger partial charge in [-0.2, -0.15) is 0 Å². The number of nitrogens with one attached hydrogen (secondary N) is 1. The van der Waals surface area contributed by atoms with Crippen LogP contribution in [-0.2, 0) is 29.1 Å². The molecule has 0 spiro atoms. The molecule has 0 bridgehead atoms. The molecular weight excluding hydrogens is 512 g/mol. The highest BCUT2D eigenvalue weighted by Crippen LogP contribution is 2.29. The van der Waals surface area contributed by atoms with Crippen LogP contribution in [0.3, 0.4) is 0 Å². The summed E-state index contributed by atoms with van der Waals surface area (Å²) >= 11 is 0. The number of carboxylic acids is 1. The zero-order chi connectivity index (χ0) is 28.5. The Labute approximate surface area is 232 Å². The minimum Gasteiger partial charge on any atom is -0.493 e. The first kappa shape index (κ1) is 28.2. The van der Waals surface area contributed by atoms with Crippen LogP contribution in [0.15, 0.2) is 83.5 Å². The van der Waals surface area contributed by atoms with Gasteiger partial charge in [0.15, 0.2) is 5.60 Å². The standard InChI is InChI=1S/C31H32N2O7/c1-21-8-7-11-23(16-21)28-33-25(20-38-28)14-15-37-26-12-13-27(40-31(2,3)29(34)35)24(17-26)19-39-30(36)32-18-22-9-5-4-6-10-22/h4-13,16-17,20H,14-15,18-19H2,1-3H3,(H,32,36)(H,34,35). The lowest BCUT2D eigenvalue weighted by molar-refractivity contribution is -0.152. The molecule has 0 unspecified atom stereocenters. The SMILES string of the molecule is Cc1cccc(-c2nc(CCOc3ccc(OC(C)(C)C(=O)O)c(COC(=O)NCc4ccccc4)c3)co2)c1. The van der Waals surface area contributed by atoms with Crippen molar-refractivity contribution < 1.29 is 33.3 Å². The average Bonchev–Trinajstić information content (AvgIpc) is 3.41. The largest absolute Gasteiger partial charge is 0.493 e. The number of oxazole rings is 1. The maximum atomic E-state index is 12.3. The van der Waals surface area contributed by atoms with Crippen molar-refractivity contribution in [2.24, 2.45) is 0 Å². The van der Waals surface area contributed by atoms with E-state index in [0.717, 1.165) is 22.4 Å². The Morgan fingerprint density at radius 3 is 2.58 bits per heavy atom. The second-order valence-electron chi connectivity index (χ2n) is 9.71. The van der Waals surface area contributed by atoms with Crippen LogP contribution < -0.4 is 14.8 Å². The van der Waals surface area contributed by atoms with E-state index in [0.29, 0.717) is 36.8 Å². The number of nitrogens with zero attached hydrogens (tertiary/aromatic N) is 1. The van der Waals surface area contributed by atoms with Crippen LogP contribution in [0.2, 0.25) is 0 Å². The molecule has 0 aliphatic heterocycles. The highest BCUT2D eigenvalue weighted by molar-refractivity contribution is 5.77. The van der Waals surface area contributed by atoms with Gasteiger partial charge in [-0.1, -0.05) is 48.0 Å². The summed E-state index contributed by atoms with van der Waals surface area (Å²) < 4.78 is 22.7. The van der Waals surface area contributed by atoms with Crippen molar-refractivity contribution in [3.63, 3.8) is 0 Å². The summed E-state index contributed by atoms with van der Waals surface area (Å²) in [5.74, 6) is 0.199. The maximum absolute atomic E-state index is 12.3. The second kappa shape index (κ2) is 12.8. The molecule has 1 aromatic heterocycles. The number of rotatable bonds is 12. The summed E-state index contributed by atoms with van der Waals surface area (Å²) in [6.07, 6.45) is 1.50. The third kappa shape index (κ3) is 7.86. The zero-order valence-electron chi connectivity index (χ0n) is 22.7. The number of carbonyl (C=O) groups excluding carboxylic acids is 1. The van der Waals surface area contributed by atoms with Crippen molar-refractivity contribution in [3.05, 3.63) is 101 Å². The van der Waals surface area contributed by atoms with Crippen molar-refractivity contribution in [1.29, 1.82) is 0 Å². The lowest BCUT2D eigenvalue weighted by Gasteiger charge is -2.23. The highest BCUT2D eigenvalue weighted by atomic mass is 16.6. The van der Waals surface area contributed by atoms with Crippen LogP contribution in [0.25, 0.3) is 11.5 Å². The van der Waals surface area contributed by atoms with Crippen molar-refractivity contribution in [2.75, 3.05) is 6.61 Å². The number of carbonyl (C=O) groups is 2. The number of ether oxygens (including phenoxy) is 3. The smallest absolute Gasteiger partial charge is 0.407 e. The van der Waals surface area contributed by atoms with Gasteiger partial charge >= 0.3 is 12.1 Å². The average molecular weight is 545 g/mol. The Bertz CT molecular complexity index is 1450. The first-order valence-corrected chi connectivity index (χ1v) is 12.8. The van der Waals surface area contributed by atoms with Gasteiger partial charge in [-0.05, 0) is 56.7 Å². The van der Waals surface area contributed by atoms with Crippen LogP contribution >= 0.6 is 0 Å². The minimum absolute atomic E-state index is 0.147. The Morgan fingerprint density at radius 1 is 1.02 bits per heavy atom. The highest BCUT2D eigenvalue weighted by Gasteiger charge is 2.30. The van der Waals surface area contributed by atoms with E-state index >= 15 is 0 Å². The molecule has 9 nitrogen and oxygen atoms in total. The number of amides is 1. The van der Waals surface area contributed by atoms with Gasteiger partial charge in [-0.15, -0.1) is 0 Å². The number of hydrogen-bond acceptors (Lipinski definition) is 7. The van der Waals surface area contributed by atoms with Crippen LogP contribution in [0.5, 0.6) is 11.5 Å². The molecule has 208 valence electrons. The summed E-state index contributed by atoms with van der Waals surface area (Å²) in [5, 5.41) is 12.2. The Kier molecular flexibility index (Phi) is 9.06. The molecular formula is C31H32N2O7. The van der Waals surface area contributed by atoms with E-state index in [1.807, 2.05) is 61.5 Å². The number of aromatic nitrogens is 1. The normalized spacial score (nSPS) is 11.1. The summed E-state index contributed by atoms with van der Waals surface area (Å²) in [5.41, 5.74) is 2.68. The molecule has 0 atom stereocenters. The molecule has 0 saturated carbocycles. The van der Waals surface area contributed by atoms with E-state index in [1.165, 1.54) is 13.8 Å². The second-order valence-corrected chi connectivity index (χ2v) is 9.71. The van der Waals surface area contributed by atoms with E-state index < -0.39 is 17.7 Å². The number of aryl methyl sites for hydroxylation is 1. The number of benzene rings is 3. The van der Waals surface area contributed by atoms with Crippen LogP contribution in [0.1, 0.15) is 36.2 Å². The summed E-state index contributed by atoms with van der Waals surface area (Å²) in [4.78, 5) is 28.5. The third-order valence-electron chi connectivity index (χ3n) is 5.99. The van der Waals surface area contributed by atoms with Gasteiger partial charge in [-0.25, -0.2) is 14.6 Å². The minimum atomic E-state index is -1.49. The molecule has 3 aromatic carbocycles. The lowest BCUT2D eigenvalue weighted by atomic mass is 10.1. The molecule has 0 aliphatic carbocycles. The predicted molar refractivity (Wildman–Crippen MR) is 148 cm³/mol. The number of hydrogen-bond donors (Lipinski definition) is 2. The van der Waals surface area contributed by atoms with Gasteiger partial charge < -0.3 is 29.1 Å². The van der Waals surface area contributed by atoms with Gasteiger partial charge in [0, 0.05) is 24.1 Å². The molecule has 0 aliphatic rings. The van der Waals surface area contributed by atoms with Crippen molar-refractivity contribution >= 4 is 12.1 Å². The zero-order valence-corrected chi connectivity index (χ0v) is 22.7. The summed E-state index contributed by atoms with van der Waals surface area (Å²) in [7, 11) is 0. The molecule has 2 N–H and O–H groups in total. The van der Waals surface area contributed by atoms with E-state index in [1.54, 1.807) is 24.5 Å². The summed E-state index contributed by atoms with van der Waals surface area (Å²) in [6, 6.07) is 22.3. The van der Waals surface area contributed by atoms with Gasteiger partial charge in [0.05, 0.1) is 12.3 Å². The molecule has 0 radical (unpaired) electrons. The maximum Gasteiger partial charge on any atom is 0.407 e. The lowest BCUT2D eigenvalue weighted by Crippen LogP contribution is -2.38. The molecule has 9 heteroatoms. The molecule has 1 amide bonds. The Balaban J connectivity index is 1.39. The van der Waals surface area contributed by atoms with Gasteiger partial charge in [0.2, 0.25) is 5.89 Å². The van der Waals surface area contributed by atoms with E-state index in [2.05, 4.69) is 10.3 Å². The molecule has 4 rings (SSSR count). The summed E-state index contributed by atoms with van der Waals surface area (Å²) in [6.45, 7) is 5.38. The Morgan fingerprint density at radius 2 is 1.82 bits per heavy atom. The fourth-order valence-electron chi connectivity index (χ4n) is 3.75. The van der Waals surface area contributed by atoms with Gasteiger partial charge in [0.1, 0.15) is 24.4 Å². The first-order valence-electron chi connectivity index (χ1n) is 12.8. The van der Waals surface area contributed by atoms with Gasteiger partial charge in [-0.3, -0.25) is 0 Å². The molecule has 1 heterocycles. The van der Waals surface area contributed by atoms with Crippen molar-refractivity contribution in [3.8, 4) is 23.0 Å². The van der Waals surface area contributed by atoms with E-state index in [4.69, 9.17) is 18.6 Å². The Hall–Kier alpha value is -4.79. The fourth-order valence-corrected chi connectivity index (χ4v) is 3.75.